The number of amides is 1. The van der Waals surface area contributed by atoms with Crippen molar-refractivity contribution in [3.05, 3.63) is 29.8 Å². The Morgan fingerprint density at radius 1 is 1.35 bits per heavy atom. The second kappa shape index (κ2) is 9.77. The Morgan fingerprint density at radius 2 is 1.95 bits per heavy atom. The molecule has 0 aliphatic heterocycles. The van der Waals surface area contributed by atoms with E-state index in [-0.39, 0.29) is 18.3 Å². The van der Waals surface area contributed by atoms with Crippen molar-refractivity contribution in [2.45, 2.75) is 19.8 Å². The first-order chi connectivity index (χ1) is 9.08. The minimum absolute atomic E-state index is 0. The van der Waals surface area contributed by atoms with Crippen LogP contribution in [0.15, 0.2) is 24.3 Å². The van der Waals surface area contributed by atoms with Crippen LogP contribution in [0.3, 0.4) is 0 Å². The molecule has 0 fully saturated rings. The summed E-state index contributed by atoms with van der Waals surface area (Å²) in [5.41, 5.74) is 1.53. The normalized spacial score (nSPS) is 11.4. The van der Waals surface area contributed by atoms with Crippen molar-refractivity contribution in [1.29, 1.82) is 0 Å². The topological polar surface area (TPSA) is 72.8 Å². The Morgan fingerprint density at radius 3 is 2.40 bits per heavy atom. The van der Waals surface area contributed by atoms with Gasteiger partial charge in [-0.1, -0.05) is 38.1 Å². The van der Waals surface area contributed by atoms with E-state index < -0.39 is 7.12 Å². The molecule has 7 heteroatoms. The molecular formula is C13H22BClN2O3. The van der Waals surface area contributed by atoms with E-state index in [0.29, 0.717) is 18.7 Å². The van der Waals surface area contributed by atoms with Crippen molar-refractivity contribution >= 4 is 31.4 Å². The SMILES string of the molecule is CCNCN(C=O)CC(C)c1ccc(B(O)O)cc1.Cl. The van der Waals surface area contributed by atoms with Crippen molar-refractivity contribution in [2.24, 2.45) is 0 Å². The van der Waals surface area contributed by atoms with Crippen molar-refractivity contribution < 1.29 is 14.8 Å². The van der Waals surface area contributed by atoms with Gasteiger partial charge >= 0.3 is 7.12 Å². The van der Waals surface area contributed by atoms with Crippen molar-refractivity contribution in [3.8, 4) is 0 Å². The molecule has 1 unspecified atom stereocenters. The van der Waals surface area contributed by atoms with Crippen molar-refractivity contribution in [3.63, 3.8) is 0 Å². The average Bonchev–Trinajstić information content (AvgIpc) is 2.43. The molecule has 1 aromatic rings. The van der Waals surface area contributed by atoms with Gasteiger partial charge in [0.15, 0.2) is 0 Å². The minimum Gasteiger partial charge on any atom is -0.423 e. The van der Waals surface area contributed by atoms with Crippen LogP contribution in [0.2, 0.25) is 0 Å². The fraction of sp³-hybridized carbons (Fsp3) is 0.462. The zero-order valence-electron chi connectivity index (χ0n) is 11.8. The molecule has 0 radical (unpaired) electrons. The minimum atomic E-state index is -1.44. The third kappa shape index (κ3) is 5.92. The largest absolute Gasteiger partial charge is 0.488 e. The fourth-order valence-corrected chi connectivity index (χ4v) is 1.85. The van der Waals surface area contributed by atoms with Crippen molar-refractivity contribution in [1.82, 2.24) is 10.2 Å². The van der Waals surface area contributed by atoms with Gasteiger partial charge in [0.25, 0.3) is 0 Å². The first kappa shape index (κ1) is 18.9. The summed E-state index contributed by atoms with van der Waals surface area (Å²) in [6.07, 6.45) is 0.838. The molecule has 3 N–H and O–H groups in total. The Labute approximate surface area is 126 Å². The van der Waals surface area contributed by atoms with Gasteiger partial charge in [-0.25, -0.2) is 0 Å². The molecule has 0 spiro atoms. The summed E-state index contributed by atoms with van der Waals surface area (Å²) in [6, 6.07) is 7.09. The summed E-state index contributed by atoms with van der Waals surface area (Å²) in [6.45, 7) is 6.01. The molecule has 20 heavy (non-hydrogen) atoms. The summed E-state index contributed by atoms with van der Waals surface area (Å²) < 4.78 is 0. The molecule has 0 aliphatic carbocycles. The summed E-state index contributed by atoms with van der Waals surface area (Å²) in [5, 5.41) is 21.2. The first-order valence-corrected chi connectivity index (χ1v) is 6.44. The van der Waals surface area contributed by atoms with Crippen LogP contribution >= 0.6 is 12.4 Å². The monoisotopic (exact) mass is 300 g/mol. The van der Waals surface area contributed by atoms with Gasteiger partial charge in [-0.3, -0.25) is 4.79 Å². The van der Waals surface area contributed by atoms with E-state index in [9.17, 15) is 4.79 Å². The van der Waals surface area contributed by atoms with Crippen molar-refractivity contribution in [2.75, 3.05) is 19.8 Å². The Kier molecular flexibility index (Phi) is 9.24. The van der Waals surface area contributed by atoms with Crippen LogP contribution < -0.4 is 10.8 Å². The molecule has 0 heterocycles. The van der Waals surface area contributed by atoms with Gasteiger partial charge in [-0.05, 0) is 23.5 Å². The molecular weight excluding hydrogens is 278 g/mol. The van der Waals surface area contributed by atoms with E-state index in [1.807, 2.05) is 26.0 Å². The molecule has 1 atom stereocenters. The van der Waals surface area contributed by atoms with Gasteiger partial charge in [0.1, 0.15) is 0 Å². The number of carbonyl (C=O) groups is 1. The van der Waals surface area contributed by atoms with Gasteiger partial charge in [-0.15, -0.1) is 12.4 Å². The Hall–Kier alpha value is -1.08. The zero-order chi connectivity index (χ0) is 14.3. The van der Waals surface area contributed by atoms with E-state index in [2.05, 4.69) is 5.32 Å². The number of benzene rings is 1. The average molecular weight is 301 g/mol. The van der Waals surface area contributed by atoms with E-state index in [1.54, 1.807) is 17.0 Å². The predicted molar refractivity (Wildman–Crippen MR) is 83.2 cm³/mol. The zero-order valence-corrected chi connectivity index (χ0v) is 12.6. The van der Waals surface area contributed by atoms with Crippen LogP contribution in [0.25, 0.3) is 0 Å². The number of nitrogens with zero attached hydrogens (tertiary/aromatic N) is 1. The molecule has 1 amide bonds. The second-order valence-electron chi connectivity index (χ2n) is 4.58. The molecule has 112 valence electrons. The van der Waals surface area contributed by atoms with Gasteiger partial charge in [-0.2, -0.15) is 0 Å². The Bertz CT molecular complexity index is 390. The summed E-state index contributed by atoms with van der Waals surface area (Å²) in [5.74, 6) is 0.189. The molecule has 0 saturated heterocycles. The maximum absolute atomic E-state index is 10.9. The standard InChI is InChI=1S/C13H21BN2O3.ClH/c1-3-15-9-16(10-17)8-11(2)12-4-6-13(7-5-12)14(18)19;/h4-7,10-11,15,18-19H,3,8-9H2,1-2H3;1H. The van der Waals surface area contributed by atoms with Gasteiger partial charge < -0.3 is 20.3 Å². The highest BCUT2D eigenvalue weighted by molar-refractivity contribution is 6.58. The molecule has 1 aromatic carbocycles. The molecule has 0 saturated carbocycles. The van der Waals surface area contributed by atoms with Crippen LogP contribution in [-0.2, 0) is 4.79 Å². The van der Waals surface area contributed by atoms with Gasteiger partial charge in [0.2, 0.25) is 6.41 Å². The maximum atomic E-state index is 10.9. The van der Waals surface area contributed by atoms with E-state index in [0.717, 1.165) is 18.5 Å². The smallest absolute Gasteiger partial charge is 0.423 e. The number of hydrogen-bond donors (Lipinski definition) is 3. The molecule has 0 aliphatic rings. The highest BCUT2D eigenvalue weighted by Gasteiger charge is 2.13. The number of hydrogen-bond acceptors (Lipinski definition) is 4. The Balaban J connectivity index is 0.00000361. The maximum Gasteiger partial charge on any atom is 0.488 e. The predicted octanol–water partition coefficient (Wildman–Crippen LogP) is -0.0829. The lowest BCUT2D eigenvalue weighted by atomic mass is 9.79. The fourth-order valence-electron chi connectivity index (χ4n) is 1.85. The third-order valence-electron chi connectivity index (χ3n) is 3.03. The van der Waals surface area contributed by atoms with Crippen LogP contribution in [0.1, 0.15) is 25.3 Å². The summed E-state index contributed by atoms with van der Waals surface area (Å²) >= 11 is 0. The lowest BCUT2D eigenvalue weighted by Crippen LogP contribution is -2.35. The summed E-state index contributed by atoms with van der Waals surface area (Å²) in [7, 11) is -1.44. The number of carbonyl (C=O) groups excluding carboxylic acids is 1. The van der Waals surface area contributed by atoms with E-state index in [1.165, 1.54) is 0 Å². The van der Waals surface area contributed by atoms with Crippen LogP contribution in [0.4, 0.5) is 0 Å². The van der Waals surface area contributed by atoms with E-state index in [4.69, 9.17) is 10.0 Å². The third-order valence-corrected chi connectivity index (χ3v) is 3.03. The highest BCUT2D eigenvalue weighted by atomic mass is 35.5. The number of halogens is 1. The first-order valence-electron chi connectivity index (χ1n) is 6.44. The number of nitrogens with one attached hydrogen (secondary N) is 1. The number of rotatable bonds is 8. The van der Waals surface area contributed by atoms with Crippen LogP contribution in [0, 0.1) is 0 Å². The lowest BCUT2D eigenvalue weighted by molar-refractivity contribution is -0.118. The quantitative estimate of drug-likeness (QED) is 0.357. The molecule has 1 rings (SSSR count). The summed E-state index contributed by atoms with van der Waals surface area (Å²) in [4.78, 5) is 12.6. The second-order valence-corrected chi connectivity index (χ2v) is 4.58. The lowest BCUT2D eigenvalue weighted by Gasteiger charge is -2.22. The van der Waals surface area contributed by atoms with Gasteiger partial charge in [0, 0.05) is 6.54 Å². The van der Waals surface area contributed by atoms with Gasteiger partial charge in [0.05, 0.1) is 6.67 Å². The van der Waals surface area contributed by atoms with Crippen LogP contribution in [-0.4, -0.2) is 48.2 Å². The molecule has 5 nitrogen and oxygen atoms in total. The molecule has 0 bridgehead atoms. The van der Waals surface area contributed by atoms with Crippen LogP contribution in [0.5, 0.6) is 0 Å². The molecule has 0 aromatic heterocycles. The highest BCUT2D eigenvalue weighted by Crippen LogP contribution is 2.14. The van der Waals surface area contributed by atoms with E-state index >= 15 is 0 Å².